The molecule has 0 saturated carbocycles. The van der Waals surface area contributed by atoms with Crippen molar-refractivity contribution in [2.24, 2.45) is 7.05 Å². The molecule has 1 aromatic heterocycles. The molecule has 3 rings (SSSR count). The van der Waals surface area contributed by atoms with Gasteiger partial charge in [0, 0.05) is 12.6 Å². The van der Waals surface area contributed by atoms with Crippen LogP contribution < -0.4 is 5.32 Å². The summed E-state index contributed by atoms with van der Waals surface area (Å²) in [6, 6.07) is 15.3. The van der Waals surface area contributed by atoms with Gasteiger partial charge in [-0.05, 0) is 25.1 Å². The molecule has 0 amide bonds. The number of aromatic nitrogens is 2. The Balaban J connectivity index is 1.93. The van der Waals surface area contributed by atoms with Crippen LogP contribution in [0.4, 0.5) is 5.95 Å². The predicted octanol–water partition coefficient (Wildman–Crippen LogP) is 3.45. The third-order valence-electron chi connectivity index (χ3n) is 3.54. The molecular formula is C16H17N3O. The second-order valence-electron chi connectivity index (χ2n) is 4.91. The number of nitrogens with zero attached hydrogens (tertiary/aromatic N) is 2. The Morgan fingerprint density at radius 3 is 2.55 bits per heavy atom. The van der Waals surface area contributed by atoms with Crippen LogP contribution in [0.15, 0.2) is 48.5 Å². The minimum atomic E-state index is -0.0216. The van der Waals surface area contributed by atoms with Gasteiger partial charge >= 0.3 is 0 Å². The topological polar surface area (TPSA) is 50.1 Å². The number of aromatic hydroxyl groups is 1. The summed E-state index contributed by atoms with van der Waals surface area (Å²) in [6.45, 7) is 2.01. The van der Waals surface area contributed by atoms with Gasteiger partial charge in [0.05, 0.1) is 17.1 Å². The summed E-state index contributed by atoms with van der Waals surface area (Å²) in [7, 11) is 1.98. The van der Waals surface area contributed by atoms with Gasteiger partial charge in [0.25, 0.3) is 0 Å². The molecule has 2 aromatic carbocycles. The maximum absolute atomic E-state index is 9.90. The maximum Gasteiger partial charge on any atom is 0.204 e. The van der Waals surface area contributed by atoms with Crippen molar-refractivity contribution in [1.29, 1.82) is 0 Å². The van der Waals surface area contributed by atoms with E-state index in [4.69, 9.17) is 0 Å². The van der Waals surface area contributed by atoms with Gasteiger partial charge < -0.3 is 15.0 Å². The van der Waals surface area contributed by atoms with E-state index in [9.17, 15) is 5.11 Å². The number of imidazole rings is 1. The van der Waals surface area contributed by atoms with Gasteiger partial charge in [-0.15, -0.1) is 0 Å². The van der Waals surface area contributed by atoms with E-state index in [1.807, 2.05) is 61.0 Å². The molecule has 0 unspecified atom stereocenters. The first-order valence-corrected chi connectivity index (χ1v) is 6.62. The molecule has 4 heteroatoms. The molecule has 102 valence electrons. The molecule has 20 heavy (non-hydrogen) atoms. The summed E-state index contributed by atoms with van der Waals surface area (Å²) in [5.74, 6) is 1.09. The van der Waals surface area contributed by atoms with E-state index < -0.39 is 0 Å². The molecule has 0 saturated heterocycles. The van der Waals surface area contributed by atoms with Crippen molar-refractivity contribution in [3.8, 4) is 5.75 Å². The molecule has 2 N–H and O–H groups in total. The molecule has 0 spiro atoms. The van der Waals surface area contributed by atoms with Crippen LogP contribution in [0.2, 0.25) is 0 Å². The van der Waals surface area contributed by atoms with Gasteiger partial charge in [0.2, 0.25) is 5.95 Å². The standard InChI is InChI=1S/C16H17N3O/c1-11(12-7-3-6-10-15(12)20)17-16-18-13-8-4-5-9-14(13)19(16)2/h3-11,20H,1-2H3,(H,17,18)/t11-/m1/s1. The Kier molecular flexibility index (Phi) is 3.06. The highest BCUT2D eigenvalue weighted by Gasteiger charge is 2.13. The lowest BCUT2D eigenvalue weighted by Crippen LogP contribution is -2.10. The normalized spacial score (nSPS) is 12.5. The summed E-state index contributed by atoms with van der Waals surface area (Å²) < 4.78 is 2.02. The van der Waals surface area contributed by atoms with Crippen molar-refractivity contribution in [2.45, 2.75) is 13.0 Å². The number of aryl methyl sites for hydroxylation is 1. The number of anilines is 1. The third kappa shape index (κ3) is 2.09. The first kappa shape index (κ1) is 12.5. The fourth-order valence-electron chi connectivity index (χ4n) is 2.40. The second kappa shape index (κ2) is 4.89. The van der Waals surface area contributed by atoms with Gasteiger partial charge in [0.1, 0.15) is 5.75 Å². The molecule has 0 fully saturated rings. The van der Waals surface area contributed by atoms with Crippen molar-refractivity contribution in [3.63, 3.8) is 0 Å². The van der Waals surface area contributed by atoms with Gasteiger partial charge in [-0.3, -0.25) is 0 Å². The lowest BCUT2D eigenvalue weighted by molar-refractivity contribution is 0.465. The fourth-order valence-corrected chi connectivity index (χ4v) is 2.40. The number of fused-ring (bicyclic) bond motifs is 1. The number of phenolic OH excluding ortho intramolecular Hbond substituents is 1. The number of hydrogen-bond acceptors (Lipinski definition) is 3. The third-order valence-corrected chi connectivity index (χ3v) is 3.54. The zero-order chi connectivity index (χ0) is 14.1. The van der Waals surface area contributed by atoms with Crippen molar-refractivity contribution in [2.75, 3.05) is 5.32 Å². The van der Waals surface area contributed by atoms with E-state index in [1.165, 1.54) is 0 Å². The van der Waals surface area contributed by atoms with Crippen LogP contribution in [0, 0.1) is 0 Å². The van der Waals surface area contributed by atoms with Gasteiger partial charge in [-0.2, -0.15) is 0 Å². The number of hydrogen-bond donors (Lipinski definition) is 2. The molecule has 0 radical (unpaired) electrons. The van der Waals surface area contributed by atoms with Crippen LogP contribution in [0.1, 0.15) is 18.5 Å². The summed E-state index contributed by atoms with van der Waals surface area (Å²) >= 11 is 0. The first-order valence-electron chi connectivity index (χ1n) is 6.62. The summed E-state index contributed by atoms with van der Waals surface area (Å²) in [5, 5.41) is 13.2. The molecule has 0 aliphatic heterocycles. The zero-order valence-electron chi connectivity index (χ0n) is 11.5. The van der Waals surface area contributed by atoms with E-state index in [1.54, 1.807) is 6.07 Å². The minimum Gasteiger partial charge on any atom is -0.508 e. The molecule has 0 aliphatic rings. The Morgan fingerprint density at radius 2 is 1.80 bits per heavy atom. The fraction of sp³-hybridized carbons (Fsp3) is 0.188. The first-order chi connectivity index (χ1) is 9.66. The monoisotopic (exact) mass is 267 g/mol. The van der Waals surface area contributed by atoms with Crippen LogP contribution in [0.5, 0.6) is 5.75 Å². The Hall–Kier alpha value is -2.49. The van der Waals surface area contributed by atoms with Crippen LogP contribution in [-0.4, -0.2) is 14.7 Å². The largest absolute Gasteiger partial charge is 0.508 e. The summed E-state index contributed by atoms with van der Waals surface area (Å²) in [4.78, 5) is 4.58. The SMILES string of the molecule is C[C@@H](Nc1nc2ccccc2n1C)c1ccccc1O. The lowest BCUT2D eigenvalue weighted by atomic mass is 10.1. The van der Waals surface area contributed by atoms with Gasteiger partial charge in [0.15, 0.2) is 0 Å². The molecule has 0 bridgehead atoms. The van der Waals surface area contributed by atoms with Crippen LogP contribution in [0.3, 0.4) is 0 Å². The van der Waals surface area contributed by atoms with Gasteiger partial charge in [-0.25, -0.2) is 4.98 Å². The average Bonchev–Trinajstić information content (AvgIpc) is 2.76. The number of benzene rings is 2. The average molecular weight is 267 g/mol. The van der Waals surface area contributed by atoms with Crippen molar-refractivity contribution < 1.29 is 5.11 Å². The smallest absolute Gasteiger partial charge is 0.204 e. The molecule has 1 heterocycles. The number of rotatable bonds is 3. The van der Waals surface area contributed by atoms with E-state index >= 15 is 0 Å². The molecule has 0 aliphatic carbocycles. The minimum absolute atomic E-state index is 0.0216. The van der Waals surface area contributed by atoms with E-state index in [2.05, 4.69) is 10.3 Å². The highest BCUT2D eigenvalue weighted by Crippen LogP contribution is 2.27. The Bertz CT molecular complexity index is 748. The van der Waals surface area contributed by atoms with E-state index in [0.29, 0.717) is 5.75 Å². The highest BCUT2D eigenvalue weighted by molar-refractivity contribution is 5.78. The number of para-hydroxylation sites is 3. The predicted molar refractivity (Wildman–Crippen MR) is 80.9 cm³/mol. The number of phenols is 1. The van der Waals surface area contributed by atoms with Gasteiger partial charge in [-0.1, -0.05) is 30.3 Å². The summed E-state index contributed by atoms with van der Waals surface area (Å²) in [5.41, 5.74) is 2.90. The van der Waals surface area contributed by atoms with Crippen molar-refractivity contribution in [3.05, 3.63) is 54.1 Å². The lowest BCUT2D eigenvalue weighted by Gasteiger charge is -2.16. The van der Waals surface area contributed by atoms with E-state index in [0.717, 1.165) is 22.5 Å². The quantitative estimate of drug-likeness (QED) is 0.764. The Morgan fingerprint density at radius 1 is 1.10 bits per heavy atom. The van der Waals surface area contributed by atoms with Crippen molar-refractivity contribution >= 4 is 17.0 Å². The van der Waals surface area contributed by atoms with Crippen molar-refractivity contribution in [1.82, 2.24) is 9.55 Å². The molecule has 4 nitrogen and oxygen atoms in total. The Labute approximate surface area is 117 Å². The highest BCUT2D eigenvalue weighted by atomic mass is 16.3. The second-order valence-corrected chi connectivity index (χ2v) is 4.91. The van der Waals surface area contributed by atoms with Crippen LogP contribution in [-0.2, 0) is 7.05 Å². The number of nitrogens with one attached hydrogen (secondary N) is 1. The zero-order valence-corrected chi connectivity index (χ0v) is 11.5. The van der Waals surface area contributed by atoms with Crippen LogP contribution in [0.25, 0.3) is 11.0 Å². The van der Waals surface area contributed by atoms with E-state index in [-0.39, 0.29) is 6.04 Å². The molecular weight excluding hydrogens is 250 g/mol. The molecule has 3 aromatic rings. The molecule has 1 atom stereocenters. The summed E-state index contributed by atoms with van der Waals surface area (Å²) in [6.07, 6.45) is 0. The van der Waals surface area contributed by atoms with Crippen LogP contribution >= 0.6 is 0 Å². The maximum atomic E-state index is 9.90.